The van der Waals surface area contributed by atoms with Gasteiger partial charge >= 0.3 is 0 Å². The van der Waals surface area contributed by atoms with Gasteiger partial charge in [0.15, 0.2) is 5.13 Å². The van der Waals surface area contributed by atoms with Crippen LogP contribution < -0.4 is 10.1 Å². The Morgan fingerprint density at radius 2 is 2.15 bits per heavy atom. The average molecular weight is 290 g/mol. The van der Waals surface area contributed by atoms with E-state index in [0.717, 1.165) is 16.2 Å². The van der Waals surface area contributed by atoms with Gasteiger partial charge in [0.05, 0.1) is 13.0 Å². The third kappa shape index (κ3) is 4.06. The number of nitrogens with zero attached hydrogens (tertiary/aromatic N) is 1. The Labute approximate surface area is 122 Å². The van der Waals surface area contributed by atoms with E-state index in [4.69, 9.17) is 4.74 Å². The summed E-state index contributed by atoms with van der Waals surface area (Å²) >= 11 is 1.47. The molecule has 1 aromatic heterocycles. The van der Waals surface area contributed by atoms with E-state index in [1.807, 2.05) is 32.9 Å². The molecule has 4 nitrogen and oxygen atoms in total. The minimum atomic E-state index is -0.0795. The summed E-state index contributed by atoms with van der Waals surface area (Å²) in [6.45, 7) is 6.36. The van der Waals surface area contributed by atoms with Gasteiger partial charge in [0.1, 0.15) is 5.75 Å². The highest BCUT2D eigenvalue weighted by atomic mass is 32.1. The lowest BCUT2D eigenvalue weighted by atomic mass is 10.1. The van der Waals surface area contributed by atoms with Crippen molar-refractivity contribution in [2.45, 2.75) is 27.2 Å². The number of benzene rings is 1. The molecular weight excluding hydrogens is 272 g/mol. The monoisotopic (exact) mass is 290 g/mol. The lowest BCUT2D eigenvalue weighted by Gasteiger charge is -2.09. The van der Waals surface area contributed by atoms with Crippen LogP contribution in [0.25, 0.3) is 0 Å². The van der Waals surface area contributed by atoms with Gasteiger partial charge in [-0.2, -0.15) is 0 Å². The molecule has 0 aliphatic carbocycles. The van der Waals surface area contributed by atoms with E-state index >= 15 is 0 Å². The number of anilines is 1. The molecule has 0 fully saturated rings. The number of carbonyl (C=O) groups is 1. The molecule has 0 saturated carbocycles. The number of thiazole rings is 1. The van der Waals surface area contributed by atoms with Crippen molar-refractivity contribution in [3.05, 3.63) is 40.4 Å². The van der Waals surface area contributed by atoms with Crippen LogP contribution in [0, 0.1) is 20.8 Å². The fourth-order valence-corrected chi connectivity index (χ4v) is 2.49. The van der Waals surface area contributed by atoms with Gasteiger partial charge in [-0.05, 0) is 32.4 Å². The molecule has 0 radical (unpaired) electrons. The van der Waals surface area contributed by atoms with Gasteiger partial charge in [-0.1, -0.05) is 17.7 Å². The Bertz CT molecular complexity index is 608. The Hall–Kier alpha value is -1.88. The van der Waals surface area contributed by atoms with Crippen molar-refractivity contribution in [2.75, 3.05) is 11.9 Å². The van der Waals surface area contributed by atoms with Gasteiger partial charge in [-0.3, -0.25) is 4.79 Å². The Kier molecular flexibility index (Phi) is 4.74. The predicted octanol–water partition coefficient (Wildman–Crippen LogP) is 3.48. The summed E-state index contributed by atoms with van der Waals surface area (Å²) in [6, 6.07) is 6.00. The standard InChI is InChI=1S/C15H18N2O2S/c1-10-4-5-13(11(2)8-10)19-7-6-14(18)17-15-16-9-12(3)20-15/h4-5,8-9H,6-7H2,1-3H3,(H,16,17,18). The zero-order valence-electron chi connectivity index (χ0n) is 11.9. The molecule has 2 rings (SSSR count). The van der Waals surface area contributed by atoms with Gasteiger partial charge in [-0.25, -0.2) is 4.98 Å². The summed E-state index contributed by atoms with van der Waals surface area (Å²) in [6.07, 6.45) is 2.05. The van der Waals surface area contributed by atoms with Crippen LogP contribution in [0.4, 0.5) is 5.13 Å². The molecule has 5 heteroatoms. The predicted molar refractivity (Wildman–Crippen MR) is 81.5 cm³/mol. The number of hydrogen-bond acceptors (Lipinski definition) is 4. The largest absolute Gasteiger partial charge is 0.493 e. The molecule has 1 heterocycles. The van der Waals surface area contributed by atoms with E-state index in [9.17, 15) is 4.79 Å². The van der Waals surface area contributed by atoms with Gasteiger partial charge in [0.2, 0.25) is 5.91 Å². The zero-order valence-corrected chi connectivity index (χ0v) is 12.7. The summed E-state index contributed by atoms with van der Waals surface area (Å²) in [7, 11) is 0. The summed E-state index contributed by atoms with van der Waals surface area (Å²) in [5.74, 6) is 0.748. The van der Waals surface area contributed by atoms with Gasteiger partial charge < -0.3 is 10.1 Å². The maximum atomic E-state index is 11.7. The summed E-state index contributed by atoms with van der Waals surface area (Å²) in [5.41, 5.74) is 2.28. The lowest BCUT2D eigenvalue weighted by Crippen LogP contribution is -2.15. The highest BCUT2D eigenvalue weighted by Crippen LogP contribution is 2.19. The van der Waals surface area contributed by atoms with E-state index in [1.54, 1.807) is 6.20 Å². The quantitative estimate of drug-likeness (QED) is 0.917. The highest BCUT2D eigenvalue weighted by molar-refractivity contribution is 7.15. The zero-order chi connectivity index (χ0) is 14.5. The fraction of sp³-hybridized carbons (Fsp3) is 0.333. The Balaban J connectivity index is 1.79. The molecule has 0 aliphatic heterocycles. The average Bonchev–Trinajstić information content (AvgIpc) is 2.77. The number of hydrogen-bond donors (Lipinski definition) is 1. The van der Waals surface area contributed by atoms with Gasteiger partial charge in [0.25, 0.3) is 0 Å². The normalized spacial score (nSPS) is 10.3. The van der Waals surface area contributed by atoms with E-state index in [0.29, 0.717) is 18.2 Å². The third-order valence-electron chi connectivity index (χ3n) is 2.78. The fourth-order valence-electron chi connectivity index (χ4n) is 1.81. The van der Waals surface area contributed by atoms with Crippen LogP contribution in [0.2, 0.25) is 0 Å². The molecule has 20 heavy (non-hydrogen) atoms. The maximum Gasteiger partial charge on any atom is 0.229 e. The molecule has 106 valence electrons. The number of nitrogens with one attached hydrogen (secondary N) is 1. The SMILES string of the molecule is Cc1ccc(OCCC(=O)Nc2ncc(C)s2)c(C)c1. The van der Waals surface area contributed by atoms with E-state index in [-0.39, 0.29) is 5.91 Å². The third-order valence-corrected chi connectivity index (χ3v) is 3.61. The van der Waals surface area contributed by atoms with E-state index in [2.05, 4.69) is 16.4 Å². The number of amides is 1. The van der Waals surface area contributed by atoms with Crippen LogP contribution in [0.1, 0.15) is 22.4 Å². The van der Waals surface area contributed by atoms with Crippen LogP contribution in [0.5, 0.6) is 5.75 Å². The van der Waals surface area contributed by atoms with Crippen LogP contribution in [0.15, 0.2) is 24.4 Å². The minimum Gasteiger partial charge on any atom is -0.493 e. The summed E-state index contributed by atoms with van der Waals surface area (Å²) in [5, 5.41) is 3.40. The lowest BCUT2D eigenvalue weighted by molar-refractivity contribution is -0.116. The molecular formula is C15H18N2O2S. The first-order valence-electron chi connectivity index (χ1n) is 6.47. The first-order chi connectivity index (χ1) is 9.54. The molecule has 0 bridgehead atoms. The topological polar surface area (TPSA) is 51.2 Å². The molecule has 2 aromatic rings. The first kappa shape index (κ1) is 14.5. The second-order valence-electron chi connectivity index (χ2n) is 4.69. The minimum absolute atomic E-state index is 0.0795. The van der Waals surface area contributed by atoms with Crippen LogP contribution in [-0.4, -0.2) is 17.5 Å². The molecule has 1 amide bonds. The number of ether oxygens (including phenoxy) is 1. The van der Waals surface area contributed by atoms with E-state index in [1.165, 1.54) is 16.9 Å². The number of aromatic nitrogens is 1. The van der Waals surface area contributed by atoms with Crippen molar-refractivity contribution in [3.63, 3.8) is 0 Å². The first-order valence-corrected chi connectivity index (χ1v) is 7.28. The van der Waals surface area contributed by atoms with Crippen LogP contribution in [-0.2, 0) is 4.79 Å². The van der Waals surface area contributed by atoms with Crippen LogP contribution >= 0.6 is 11.3 Å². The van der Waals surface area contributed by atoms with Crippen molar-refractivity contribution < 1.29 is 9.53 Å². The van der Waals surface area contributed by atoms with Crippen molar-refractivity contribution in [3.8, 4) is 5.75 Å². The molecule has 1 N–H and O–H groups in total. The second-order valence-corrected chi connectivity index (χ2v) is 5.93. The Morgan fingerprint density at radius 1 is 1.35 bits per heavy atom. The smallest absolute Gasteiger partial charge is 0.229 e. The van der Waals surface area contributed by atoms with Gasteiger partial charge in [-0.15, -0.1) is 11.3 Å². The van der Waals surface area contributed by atoms with Crippen LogP contribution in [0.3, 0.4) is 0 Å². The summed E-state index contributed by atoms with van der Waals surface area (Å²) < 4.78 is 5.63. The number of rotatable bonds is 5. The number of carbonyl (C=O) groups excluding carboxylic acids is 1. The van der Waals surface area contributed by atoms with Crippen molar-refractivity contribution >= 4 is 22.4 Å². The van der Waals surface area contributed by atoms with E-state index < -0.39 is 0 Å². The van der Waals surface area contributed by atoms with Crippen molar-refractivity contribution in [2.24, 2.45) is 0 Å². The molecule has 1 aromatic carbocycles. The van der Waals surface area contributed by atoms with Gasteiger partial charge in [0, 0.05) is 11.1 Å². The maximum absolute atomic E-state index is 11.7. The van der Waals surface area contributed by atoms with Crippen molar-refractivity contribution in [1.82, 2.24) is 4.98 Å². The molecule has 0 unspecified atom stereocenters. The summed E-state index contributed by atoms with van der Waals surface area (Å²) in [4.78, 5) is 16.9. The second kappa shape index (κ2) is 6.52. The molecule has 0 atom stereocenters. The molecule has 0 spiro atoms. The van der Waals surface area contributed by atoms with Crippen molar-refractivity contribution in [1.29, 1.82) is 0 Å². The number of aryl methyl sites for hydroxylation is 3. The molecule has 0 saturated heterocycles. The molecule has 0 aliphatic rings. The Morgan fingerprint density at radius 3 is 2.80 bits per heavy atom. The highest BCUT2D eigenvalue weighted by Gasteiger charge is 2.06.